The highest BCUT2D eigenvalue weighted by Crippen LogP contribution is 2.52. The van der Waals surface area contributed by atoms with Gasteiger partial charge in [-0.1, -0.05) is 45.9 Å². The Bertz CT molecular complexity index is 1470. The number of hydrogen-bond acceptors (Lipinski definition) is 15. The number of thiazole rings is 2. The van der Waals surface area contributed by atoms with Gasteiger partial charge in [-0.25, -0.2) is 9.97 Å². The lowest BCUT2D eigenvalue weighted by Gasteiger charge is -2.36. The average molecular weight is 922 g/mol. The zero-order valence-electron chi connectivity index (χ0n) is 34.3. The van der Waals surface area contributed by atoms with Crippen LogP contribution in [0.3, 0.4) is 0 Å². The quantitative estimate of drug-likeness (QED) is 0.0341. The number of nitrogens with zero attached hydrogens (tertiary/aromatic N) is 2. The number of rotatable bonds is 26. The van der Waals surface area contributed by atoms with Crippen molar-refractivity contribution in [2.75, 3.05) is 11.5 Å². The maximum atomic E-state index is 6.64. The van der Waals surface area contributed by atoms with E-state index in [4.69, 9.17) is 36.5 Å². The van der Waals surface area contributed by atoms with Crippen LogP contribution < -0.4 is 0 Å². The molecule has 0 radical (unpaired) electrons. The van der Waals surface area contributed by atoms with Gasteiger partial charge in [-0.3, -0.25) is 0 Å². The standard InChI is InChI=1S/C38H60N2O6S7Si2/c1-25(2)41-54(42-26(3)4,43-27(5)6)23-31(37-39-33-17-13-15-19-35(33)49-37)21-47-51-53-52-48-22-32(38-40-34-18-14-16-20-36(34)50-38)24-55(44-28(7)8,45-29(9)10)46-30(11)12/h13-20,25-32H,21-24H2,1-12H3. The van der Waals surface area contributed by atoms with E-state index in [0.29, 0.717) is 12.1 Å². The number of benzene rings is 2. The van der Waals surface area contributed by atoms with Crippen molar-refractivity contribution in [1.29, 1.82) is 0 Å². The van der Waals surface area contributed by atoms with Gasteiger partial charge in [0.2, 0.25) is 0 Å². The van der Waals surface area contributed by atoms with E-state index >= 15 is 0 Å². The largest absolute Gasteiger partial charge is 0.502 e. The van der Waals surface area contributed by atoms with Crippen LogP contribution in [0.4, 0.5) is 0 Å². The molecule has 308 valence electrons. The van der Waals surface area contributed by atoms with Gasteiger partial charge in [-0.15, -0.1) is 22.7 Å². The molecule has 0 aliphatic heterocycles. The second kappa shape index (κ2) is 23.2. The lowest BCUT2D eigenvalue weighted by Crippen LogP contribution is -2.51. The Kier molecular flexibility index (Phi) is 20.2. The summed E-state index contributed by atoms with van der Waals surface area (Å²) in [6.45, 7) is 24.8. The van der Waals surface area contributed by atoms with Gasteiger partial charge in [-0.05, 0) is 137 Å². The minimum Gasteiger partial charge on any atom is -0.371 e. The highest BCUT2D eigenvalue weighted by molar-refractivity contribution is 9.35. The zero-order valence-corrected chi connectivity index (χ0v) is 42.0. The summed E-state index contributed by atoms with van der Waals surface area (Å²) < 4.78 is 42.2. The Hall–Kier alpha value is 0.164. The Morgan fingerprint density at radius 1 is 0.473 bits per heavy atom. The molecule has 55 heavy (non-hydrogen) atoms. The highest BCUT2D eigenvalue weighted by atomic mass is 33.8. The first-order valence-electron chi connectivity index (χ1n) is 19.1. The fourth-order valence-corrected chi connectivity index (χ4v) is 25.4. The first-order valence-corrected chi connectivity index (χ1v) is 31.1. The third-order valence-corrected chi connectivity index (χ3v) is 25.7. The maximum Gasteiger partial charge on any atom is 0.502 e. The molecule has 2 atom stereocenters. The van der Waals surface area contributed by atoms with E-state index in [1.54, 1.807) is 32.5 Å². The summed E-state index contributed by atoms with van der Waals surface area (Å²) >= 11 is 3.53. The van der Waals surface area contributed by atoms with Gasteiger partial charge in [0.1, 0.15) is 0 Å². The normalized spacial score (nSPS) is 14.3. The molecular formula is C38H60N2O6S7Si2. The van der Waals surface area contributed by atoms with Crippen molar-refractivity contribution in [3.8, 4) is 0 Å². The minimum atomic E-state index is -3.07. The Morgan fingerprint density at radius 2 is 0.782 bits per heavy atom. The van der Waals surface area contributed by atoms with Crippen LogP contribution in [0.1, 0.15) is 105 Å². The first-order chi connectivity index (χ1) is 26.1. The lowest BCUT2D eigenvalue weighted by molar-refractivity contribution is 0.00109. The Balaban J connectivity index is 1.47. The molecule has 0 aliphatic carbocycles. The monoisotopic (exact) mass is 920 g/mol. The third kappa shape index (κ3) is 15.9. The van der Waals surface area contributed by atoms with E-state index in [1.165, 1.54) is 9.40 Å². The molecule has 0 saturated heterocycles. The summed E-state index contributed by atoms with van der Waals surface area (Å²) in [5, 5.41) is 2.21. The fraction of sp³-hybridized carbons (Fsp3) is 0.632. The molecule has 4 aromatic rings. The summed E-state index contributed by atoms with van der Waals surface area (Å²) in [7, 11) is 2.98. The van der Waals surface area contributed by atoms with Crippen LogP contribution in [-0.2, 0) is 26.6 Å². The van der Waals surface area contributed by atoms with Crippen LogP contribution >= 0.6 is 73.7 Å². The van der Waals surface area contributed by atoms with Crippen LogP contribution in [0.5, 0.6) is 0 Å². The summed E-state index contributed by atoms with van der Waals surface area (Å²) in [5.74, 6) is 1.94. The zero-order chi connectivity index (χ0) is 40.2. The molecular weight excluding hydrogens is 861 g/mol. The second-order valence-electron chi connectivity index (χ2n) is 15.0. The number of hydrogen-bond donors (Lipinski definition) is 0. The van der Waals surface area contributed by atoms with Crippen molar-refractivity contribution < 1.29 is 26.6 Å². The molecule has 0 N–H and O–H groups in total. The molecule has 0 amide bonds. The molecule has 0 spiro atoms. The topological polar surface area (TPSA) is 81.2 Å². The molecule has 0 saturated carbocycles. The number of fused-ring (bicyclic) bond motifs is 2. The van der Waals surface area contributed by atoms with Gasteiger partial charge >= 0.3 is 17.6 Å². The molecule has 2 heterocycles. The Labute approximate surface area is 359 Å². The number of para-hydroxylation sites is 2. The van der Waals surface area contributed by atoms with Crippen LogP contribution in [0, 0.1) is 0 Å². The van der Waals surface area contributed by atoms with Crippen LogP contribution in [-0.4, -0.2) is 75.7 Å². The fourth-order valence-electron chi connectivity index (χ4n) is 6.05. The van der Waals surface area contributed by atoms with Crippen molar-refractivity contribution >= 4 is 112 Å². The van der Waals surface area contributed by atoms with Crippen molar-refractivity contribution in [3.05, 3.63) is 58.5 Å². The number of aromatic nitrogens is 2. The van der Waals surface area contributed by atoms with Gasteiger partial charge < -0.3 is 26.6 Å². The molecule has 0 aliphatic rings. The summed E-state index contributed by atoms with van der Waals surface area (Å²) in [4.78, 5) is 10.2. The van der Waals surface area contributed by atoms with Gasteiger partial charge in [0.05, 0.1) is 30.4 Å². The van der Waals surface area contributed by atoms with Gasteiger partial charge in [0, 0.05) is 72.1 Å². The molecule has 0 bridgehead atoms. The lowest BCUT2D eigenvalue weighted by atomic mass is 10.2. The summed E-state index contributed by atoms with van der Waals surface area (Å²) in [6.07, 6.45) is -0.103. The van der Waals surface area contributed by atoms with Gasteiger partial charge in [0.25, 0.3) is 0 Å². The average Bonchev–Trinajstić information content (AvgIpc) is 3.69. The van der Waals surface area contributed by atoms with Crippen LogP contribution in [0.15, 0.2) is 48.5 Å². The van der Waals surface area contributed by atoms with E-state index in [0.717, 1.165) is 32.6 Å². The van der Waals surface area contributed by atoms with Crippen LogP contribution in [0.25, 0.3) is 20.4 Å². The molecule has 17 heteroatoms. The van der Waals surface area contributed by atoms with Crippen molar-refractivity contribution in [1.82, 2.24) is 9.97 Å². The van der Waals surface area contributed by atoms with E-state index in [2.05, 4.69) is 132 Å². The highest BCUT2D eigenvalue weighted by Gasteiger charge is 2.48. The molecule has 2 aromatic carbocycles. The minimum absolute atomic E-state index is 0.0172. The smallest absolute Gasteiger partial charge is 0.371 e. The maximum absolute atomic E-state index is 6.64. The second-order valence-corrected chi connectivity index (χ2v) is 29.9. The first kappa shape index (κ1) is 47.8. The van der Waals surface area contributed by atoms with Gasteiger partial charge in [-0.2, -0.15) is 0 Å². The van der Waals surface area contributed by atoms with Crippen molar-refractivity contribution in [2.45, 2.75) is 144 Å². The predicted octanol–water partition coefficient (Wildman–Crippen LogP) is 13.5. The molecule has 2 aromatic heterocycles. The Morgan fingerprint density at radius 3 is 1.07 bits per heavy atom. The summed E-state index contributed by atoms with van der Waals surface area (Å²) in [5.41, 5.74) is 2.06. The van der Waals surface area contributed by atoms with E-state index in [1.807, 2.05) is 41.2 Å². The van der Waals surface area contributed by atoms with Crippen molar-refractivity contribution in [3.63, 3.8) is 0 Å². The van der Waals surface area contributed by atoms with E-state index < -0.39 is 17.6 Å². The van der Waals surface area contributed by atoms with Gasteiger partial charge in [0.15, 0.2) is 0 Å². The summed E-state index contributed by atoms with van der Waals surface area (Å²) in [6, 6.07) is 18.1. The SMILES string of the molecule is CC(C)O[Si](CC(CSSSSSCC(C[Si](OC(C)C)(OC(C)C)OC(C)C)c1nc2ccccc2s1)c1nc2ccccc2s1)(OC(C)C)OC(C)C. The van der Waals surface area contributed by atoms with Crippen LogP contribution in [0.2, 0.25) is 12.1 Å². The predicted molar refractivity (Wildman–Crippen MR) is 251 cm³/mol. The molecule has 0 fully saturated rings. The van der Waals surface area contributed by atoms with Crippen molar-refractivity contribution in [2.24, 2.45) is 0 Å². The third-order valence-electron chi connectivity index (χ3n) is 7.49. The van der Waals surface area contributed by atoms with E-state index in [9.17, 15) is 0 Å². The molecule has 2 unspecified atom stereocenters. The molecule has 8 nitrogen and oxygen atoms in total. The van der Waals surface area contributed by atoms with E-state index in [-0.39, 0.29) is 48.5 Å². The molecule has 4 rings (SSSR count).